The van der Waals surface area contributed by atoms with Crippen LogP contribution in [0.15, 0.2) is 21.6 Å². The summed E-state index contributed by atoms with van der Waals surface area (Å²) in [7, 11) is -3.62. The molecule has 0 N–H and O–H groups in total. The third-order valence-corrected chi connectivity index (χ3v) is 8.28. The summed E-state index contributed by atoms with van der Waals surface area (Å²) in [5, 5.41) is 0. The Morgan fingerprint density at radius 2 is 1.36 bits per heavy atom. The lowest BCUT2D eigenvalue weighted by Crippen LogP contribution is -2.50. The fraction of sp³-hybridized carbons (Fsp3) is 0.476. The minimum absolute atomic E-state index is 0.186. The Morgan fingerprint density at radius 3 is 1.82 bits per heavy atom. The number of hydrogen-bond donors (Lipinski definition) is 0. The Bertz CT molecular complexity index is 1000. The molecule has 2 heterocycles. The van der Waals surface area contributed by atoms with Gasteiger partial charge in [0.25, 0.3) is 5.91 Å². The van der Waals surface area contributed by atoms with Gasteiger partial charge < -0.3 is 9.32 Å². The highest BCUT2D eigenvalue weighted by molar-refractivity contribution is 7.89. The summed E-state index contributed by atoms with van der Waals surface area (Å²) in [4.78, 5) is 14.7. The minimum atomic E-state index is -3.62. The van der Waals surface area contributed by atoms with Crippen LogP contribution in [0, 0.1) is 41.5 Å². The average molecular weight is 405 g/mol. The van der Waals surface area contributed by atoms with Gasteiger partial charge >= 0.3 is 0 Å². The molecule has 6 nitrogen and oxygen atoms in total. The first kappa shape index (κ1) is 20.6. The number of aryl methyl sites for hydroxylation is 1. The number of furan rings is 1. The maximum Gasteiger partial charge on any atom is 0.289 e. The highest BCUT2D eigenvalue weighted by Crippen LogP contribution is 2.32. The minimum Gasteiger partial charge on any atom is -0.459 e. The normalized spacial score (nSPS) is 15.9. The molecule has 0 saturated carbocycles. The molecule has 0 spiro atoms. The van der Waals surface area contributed by atoms with E-state index >= 15 is 0 Å². The fourth-order valence-corrected chi connectivity index (χ4v) is 5.83. The van der Waals surface area contributed by atoms with E-state index in [4.69, 9.17) is 4.42 Å². The van der Waals surface area contributed by atoms with Crippen molar-refractivity contribution in [2.24, 2.45) is 0 Å². The molecule has 152 valence electrons. The molecule has 0 atom stereocenters. The SMILES string of the molecule is Cc1ccoc1C(=O)N1CCN(S(=O)(=O)c2c(C)c(C)c(C)c(C)c2C)CC1. The van der Waals surface area contributed by atoms with Crippen molar-refractivity contribution < 1.29 is 17.6 Å². The molecule has 0 radical (unpaired) electrons. The van der Waals surface area contributed by atoms with Crippen molar-refractivity contribution in [2.75, 3.05) is 26.2 Å². The van der Waals surface area contributed by atoms with Crippen molar-refractivity contribution in [2.45, 2.75) is 46.4 Å². The Morgan fingerprint density at radius 1 is 0.857 bits per heavy atom. The zero-order chi connectivity index (χ0) is 20.8. The zero-order valence-corrected chi connectivity index (χ0v) is 18.2. The van der Waals surface area contributed by atoms with Crippen LogP contribution in [-0.4, -0.2) is 49.7 Å². The van der Waals surface area contributed by atoms with Gasteiger partial charge in [-0.15, -0.1) is 0 Å². The van der Waals surface area contributed by atoms with Crippen molar-refractivity contribution in [1.29, 1.82) is 0 Å². The van der Waals surface area contributed by atoms with Gasteiger partial charge in [0.15, 0.2) is 5.76 Å². The average Bonchev–Trinajstić information content (AvgIpc) is 3.10. The van der Waals surface area contributed by atoms with Crippen LogP contribution in [0.1, 0.15) is 43.9 Å². The highest BCUT2D eigenvalue weighted by atomic mass is 32.2. The second-order valence-electron chi connectivity index (χ2n) is 7.58. The van der Waals surface area contributed by atoms with Crippen molar-refractivity contribution in [3.05, 3.63) is 51.5 Å². The molecule has 3 rings (SSSR count). The number of sulfonamides is 1. The van der Waals surface area contributed by atoms with Crippen molar-refractivity contribution in [1.82, 2.24) is 9.21 Å². The molecular weight excluding hydrogens is 376 g/mol. The van der Waals surface area contributed by atoms with Crippen molar-refractivity contribution in [3.63, 3.8) is 0 Å². The summed E-state index contributed by atoms with van der Waals surface area (Å²) < 4.78 is 33.6. The molecule has 7 heteroatoms. The smallest absolute Gasteiger partial charge is 0.289 e. The number of hydrogen-bond acceptors (Lipinski definition) is 4. The van der Waals surface area contributed by atoms with Gasteiger partial charge in [-0.2, -0.15) is 4.31 Å². The maximum absolute atomic E-state index is 13.4. The lowest BCUT2D eigenvalue weighted by Gasteiger charge is -2.34. The third-order valence-electron chi connectivity index (χ3n) is 6.11. The van der Waals surface area contributed by atoms with Gasteiger partial charge in [0.1, 0.15) is 0 Å². The van der Waals surface area contributed by atoms with Crippen molar-refractivity contribution in [3.8, 4) is 0 Å². The lowest BCUT2D eigenvalue weighted by molar-refractivity contribution is 0.0665. The molecule has 1 saturated heterocycles. The van der Waals surface area contributed by atoms with Crippen LogP contribution in [0.5, 0.6) is 0 Å². The number of carbonyl (C=O) groups is 1. The predicted molar refractivity (Wildman–Crippen MR) is 108 cm³/mol. The molecule has 0 aliphatic carbocycles. The number of carbonyl (C=O) groups excluding carboxylic acids is 1. The Balaban J connectivity index is 1.85. The van der Waals surface area contributed by atoms with Crippen LogP contribution < -0.4 is 0 Å². The van der Waals surface area contributed by atoms with Gasteiger partial charge in [-0.05, 0) is 75.4 Å². The van der Waals surface area contributed by atoms with Gasteiger partial charge in [0.2, 0.25) is 10.0 Å². The quantitative estimate of drug-likeness (QED) is 0.787. The largest absolute Gasteiger partial charge is 0.459 e. The number of amides is 1. The van der Waals surface area contributed by atoms with Crippen LogP contribution in [-0.2, 0) is 10.0 Å². The van der Waals surface area contributed by atoms with E-state index in [-0.39, 0.29) is 19.0 Å². The molecule has 1 aromatic heterocycles. The summed E-state index contributed by atoms with van der Waals surface area (Å²) in [5.74, 6) is 0.140. The first-order valence-corrected chi connectivity index (χ1v) is 10.9. The van der Waals surface area contributed by atoms with Gasteiger partial charge in [-0.25, -0.2) is 8.42 Å². The molecular formula is C21H28N2O4S. The van der Waals surface area contributed by atoms with E-state index in [0.717, 1.165) is 33.4 Å². The number of nitrogens with zero attached hydrogens (tertiary/aromatic N) is 2. The van der Waals surface area contributed by atoms with Crippen LogP contribution in [0.4, 0.5) is 0 Å². The van der Waals surface area contributed by atoms with Gasteiger partial charge in [0.05, 0.1) is 11.2 Å². The van der Waals surface area contributed by atoms with Crippen LogP contribution >= 0.6 is 0 Å². The van der Waals surface area contributed by atoms with E-state index < -0.39 is 10.0 Å². The molecule has 0 bridgehead atoms. The molecule has 0 unspecified atom stereocenters. The monoisotopic (exact) mass is 404 g/mol. The predicted octanol–water partition coefficient (Wildman–Crippen LogP) is 3.28. The van der Waals surface area contributed by atoms with Crippen LogP contribution in [0.25, 0.3) is 0 Å². The topological polar surface area (TPSA) is 70.8 Å². The highest BCUT2D eigenvalue weighted by Gasteiger charge is 2.34. The lowest BCUT2D eigenvalue weighted by atomic mass is 9.95. The third kappa shape index (κ3) is 3.26. The molecule has 1 amide bonds. The standard InChI is InChI=1S/C21H28N2O4S/c1-13-7-12-27-19(13)21(24)22-8-10-23(11-9-22)28(25,26)20-17(5)15(3)14(2)16(4)18(20)6/h7,12H,8-11H2,1-6H3. The number of rotatable bonds is 3. The number of benzene rings is 1. The molecule has 28 heavy (non-hydrogen) atoms. The van der Waals surface area contributed by atoms with E-state index in [2.05, 4.69) is 0 Å². The Kier molecular flexibility index (Phi) is 5.42. The van der Waals surface area contributed by atoms with Crippen LogP contribution in [0.3, 0.4) is 0 Å². The molecule has 1 fully saturated rings. The second-order valence-corrected chi connectivity index (χ2v) is 9.46. The molecule has 1 aliphatic rings. The summed E-state index contributed by atoms with van der Waals surface area (Å²) in [6.45, 7) is 12.8. The molecule has 1 aliphatic heterocycles. The van der Waals surface area contributed by atoms with E-state index in [9.17, 15) is 13.2 Å². The Labute approximate surface area is 167 Å². The summed E-state index contributed by atoms with van der Waals surface area (Å²) in [5.41, 5.74) is 5.58. The van der Waals surface area contributed by atoms with Gasteiger partial charge in [0, 0.05) is 31.7 Å². The van der Waals surface area contributed by atoms with Crippen LogP contribution in [0.2, 0.25) is 0 Å². The summed E-state index contributed by atoms with van der Waals surface area (Å²) >= 11 is 0. The summed E-state index contributed by atoms with van der Waals surface area (Å²) in [6.07, 6.45) is 1.50. The summed E-state index contributed by atoms with van der Waals surface area (Å²) in [6, 6.07) is 1.75. The zero-order valence-electron chi connectivity index (χ0n) is 17.4. The number of piperazine rings is 1. The first-order chi connectivity index (χ1) is 13.1. The van der Waals surface area contributed by atoms with E-state index in [1.54, 1.807) is 11.0 Å². The van der Waals surface area contributed by atoms with Gasteiger partial charge in [-0.3, -0.25) is 4.79 Å². The second kappa shape index (κ2) is 7.37. The Hall–Kier alpha value is -2.12. The molecule has 1 aromatic carbocycles. The van der Waals surface area contributed by atoms with E-state index in [1.807, 2.05) is 41.5 Å². The maximum atomic E-state index is 13.4. The van der Waals surface area contributed by atoms with Crippen molar-refractivity contribution >= 4 is 15.9 Å². The van der Waals surface area contributed by atoms with E-state index in [1.165, 1.54) is 10.6 Å². The first-order valence-electron chi connectivity index (χ1n) is 9.47. The fourth-order valence-electron chi connectivity index (χ4n) is 3.85. The van der Waals surface area contributed by atoms with Gasteiger partial charge in [-0.1, -0.05) is 0 Å². The van der Waals surface area contributed by atoms with E-state index in [0.29, 0.717) is 23.7 Å². The molecule has 2 aromatic rings.